The van der Waals surface area contributed by atoms with Crippen LogP contribution in [0.2, 0.25) is 5.02 Å². The Labute approximate surface area is 179 Å². The summed E-state index contributed by atoms with van der Waals surface area (Å²) in [7, 11) is 0. The molecule has 5 nitrogen and oxygen atoms in total. The maximum Gasteiger partial charge on any atom is 0.291 e. The molecule has 154 valence electrons. The zero-order valence-corrected chi connectivity index (χ0v) is 17.7. The summed E-state index contributed by atoms with van der Waals surface area (Å²) in [6, 6.07) is 8.89. The fraction of sp³-hybridized carbons (Fsp3) is 0.333. The van der Waals surface area contributed by atoms with Crippen molar-refractivity contribution in [1.29, 1.82) is 0 Å². The number of rotatable bonds is 2. The molecule has 5 rings (SSSR count). The molecule has 0 atom stereocenters. The lowest BCUT2D eigenvalue weighted by atomic mass is 9.87. The van der Waals surface area contributed by atoms with Crippen LogP contribution >= 0.6 is 11.6 Å². The van der Waals surface area contributed by atoms with Gasteiger partial charge in [0.25, 0.3) is 5.91 Å². The Morgan fingerprint density at radius 3 is 2.67 bits per heavy atom. The molecule has 6 heteroatoms. The Bertz CT molecular complexity index is 1200. The molecular weight excluding hydrogens is 402 g/mol. The van der Waals surface area contributed by atoms with Crippen molar-refractivity contribution in [2.45, 2.75) is 51.6 Å². The molecule has 1 fully saturated rings. The van der Waals surface area contributed by atoms with Crippen LogP contribution in [0.5, 0.6) is 5.75 Å². The number of carbonyl (C=O) groups is 2. The Morgan fingerprint density at radius 1 is 1.13 bits per heavy atom. The molecule has 1 aromatic heterocycles. The fourth-order valence-corrected chi connectivity index (χ4v) is 4.93. The molecule has 1 saturated carbocycles. The zero-order chi connectivity index (χ0) is 21.0. The predicted molar refractivity (Wildman–Crippen MR) is 116 cm³/mol. The highest BCUT2D eigenvalue weighted by molar-refractivity contribution is 6.31. The van der Waals surface area contributed by atoms with Gasteiger partial charge in [0.1, 0.15) is 16.9 Å². The van der Waals surface area contributed by atoms with E-state index in [9.17, 15) is 9.59 Å². The van der Waals surface area contributed by atoms with Gasteiger partial charge in [-0.05, 0) is 69.4 Å². The lowest BCUT2D eigenvalue weighted by molar-refractivity contribution is 0.0454. The largest absolute Gasteiger partial charge is 0.486 e. The number of furan rings is 1. The number of benzene rings is 2. The normalized spacial score (nSPS) is 17.2. The van der Waals surface area contributed by atoms with Crippen LogP contribution in [-0.4, -0.2) is 17.3 Å². The first-order chi connectivity index (χ1) is 14.4. The van der Waals surface area contributed by atoms with Gasteiger partial charge >= 0.3 is 0 Å². The summed E-state index contributed by atoms with van der Waals surface area (Å²) < 4.78 is 12.2. The van der Waals surface area contributed by atoms with Gasteiger partial charge in [-0.1, -0.05) is 17.7 Å². The van der Waals surface area contributed by atoms with Crippen LogP contribution in [0.1, 0.15) is 64.1 Å². The predicted octanol–water partition coefficient (Wildman–Crippen LogP) is 6.23. The van der Waals surface area contributed by atoms with Gasteiger partial charge in [-0.3, -0.25) is 9.59 Å². The van der Waals surface area contributed by atoms with E-state index in [1.165, 1.54) is 0 Å². The summed E-state index contributed by atoms with van der Waals surface area (Å²) >= 11 is 6.06. The average molecular weight is 424 g/mol. The molecule has 1 aliphatic heterocycles. The van der Waals surface area contributed by atoms with Crippen molar-refractivity contribution in [3.05, 3.63) is 57.8 Å². The second-order valence-corrected chi connectivity index (χ2v) is 8.81. The number of anilines is 1. The van der Waals surface area contributed by atoms with Crippen molar-refractivity contribution < 1.29 is 18.7 Å². The SMILES string of the molecule is Cc1ccc(Cl)cc1NC(=O)c1oc2ccc3c(c2c1C)C(=O)CC1(CCCC1)O3. The van der Waals surface area contributed by atoms with E-state index in [-0.39, 0.29) is 23.1 Å². The molecule has 0 saturated heterocycles. The third-order valence-electron chi connectivity index (χ3n) is 6.31. The molecular formula is C24H22ClNO4. The van der Waals surface area contributed by atoms with E-state index in [1.54, 1.807) is 31.2 Å². The van der Waals surface area contributed by atoms with Gasteiger partial charge in [0.2, 0.25) is 0 Å². The van der Waals surface area contributed by atoms with Crippen LogP contribution in [0.4, 0.5) is 5.69 Å². The van der Waals surface area contributed by atoms with Gasteiger partial charge in [-0.2, -0.15) is 0 Å². The molecule has 3 aromatic rings. The van der Waals surface area contributed by atoms with Gasteiger partial charge in [0.15, 0.2) is 11.5 Å². The van der Waals surface area contributed by atoms with Crippen molar-refractivity contribution in [3.8, 4) is 5.75 Å². The zero-order valence-electron chi connectivity index (χ0n) is 16.9. The van der Waals surface area contributed by atoms with Crippen molar-refractivity contribution in [1.82, 2.24) is 0 Å². The summed E-state index contributed by atoms with van der Waals surface area (Å²) in [6.07, 6.45) is 4.37. The van der Waals surface area contributed by atoms with Gasteiger partial charge in [0, 0.05) is 21.7 Å². The van der Waals surface area contributed by atoms with Crippen LogP contribution < -0.4 is 10.1 Å². The minimum atomic E-state index is -0.376. The first kappa shape index (κ1) is 19.2. The number of amides is 1. The summed E-state index contributed by atoms with van der Waals surface area (Å²) in [5, 5.41) is 4.07. The standard InChI is InChI=1S/C24H22ClNO4/c1-13-5-6-15(25)11-16(13)26-23(28)22-14(2)20-18(29-22)7-8-19-21(20)17(27)12-24(30-19)9-3-4-10-24/h5-8,11H,3-4,9-10,12H2,1-2H3,(H,26,28). The van der Waals surface area contributed by atoms with E-state index in [4.69, 9.17) is 20.8 Å². The van der Waals surface area contributed by atoms with Gasteiger partial charge < -0.3 is 14.5 Å². The Balaban J connectivity index is 1.55. The highest BCUT2D eigenvalue weighted by Crippen LogP contribution is 2.46. The summed E-state index contributed by atoms with van der Waals surface area (Å²) in [4.78, 5) is 26.1. The minimum Gasteiger partial charge on any atom is -0.486 e. The molecule has 1 amide bonds. The lowest BCUT2D eigenvalue weighted by Gasteiger charge is -2.34. The maximum atomic E-state index is 13.1. The first-order valence-electron chi connectivity index (χ1n) is 10.2. The molecule has 1 aliphatic carbocycles. The first-order valence-corrected chi connectivity index (χ1v) is 10.6. The number of carbonyl (C=O) groups excluding carboxylic acids is 2. The van der Waals surface area contributed by atoms with E-state index in [0.29, 0.717) is 45.0 Å². The number of halogens is 1. The summed E-state index contributed by atoms with van der Waals surface area (Å²) in [5.41, 5.74) is 2.84. The quantitative estimate of drug-likeness (QED) is 0.530. The van der Waals surface area contributed by atoms with Crippen molar-refractivity contribution in [2.75, 3.05) is 5.32 Å². The minimum absolute atomic E-state index is 0.0605. The van der Waals surface area contributed by atoms with E-state index in [0.717, 1.165) is 31.2 Å². The average Bonchev–Trinajstić information content (AvgIpc) is 3.29. The molecule has 2 aliphatic rings. The smallest absolute Gasteiger partial charge is 0.291 e. The van der Waals surface area contributed by atoms with Crippen molar-refractivity contribution in [3.63, 3.8) is 0 Å². The highest BCUT2D eigenvalue weighted by Gasteiger charge is 2.43. The van der Waals surface area contributed by atoms with Crippen molar-refractivity contribution in [2.24, 2.45) is 0 Å². The molecule has 0 bridgehead atoms. The Kier molecular flexibility index (Phi) is 4.40. The highest BCUT2D eigenvalue weighted by atomic mass is 35.5. The second-order valence-electron chi connectivity index (χ2n) is 8.37. The summed E-state index contributed by atoms with van der Waals surface area (Å²) in [5.74, 6) is 0.471. The molecule has 1 spiro atoms. The number of fused-ring (bicyclic) bond motifs is 3. The number of hydrogen-bond donors (Lipinski definition) is 1. The molecule has 0 unspecified atom stereocenters. The second kappa shape index (κ2) is 6.88. The van der Waals surface area contributed by atoms with E-state index in [2.05, 4.69) is 5.32 Å². The van der Waals surface area contributed by atoms with Crippen LogP contribution in [0, 0.1) is 13.8 Å². The van der Waals surface area contributed by atoms with Gasteiger partial charge in [-0.15, -0.1) is 0 Å². The monoisotopic (exact) mass is 423 g/mol. The number of ether oxygens (including phenoxy) is 1. The van der Waals surface area contributed by atoms with E-state index in [1.807, 2.05) is 13.0 Å². The number of nitrogens with one attached hydrogen (secondary N) is 1. The van der Waals surface area contributed by atoms with Crippen LogP contribution in [0.15, 0.2) is 34.7 Å². The fourth-order valence-electron chi connectivity index (χ4n) is 4.76. The van der Waals surface area contributed by atoms with Crippen LogP contribution in [0.25, 0.3) is 11.0 Å². The van der Waals surface area contributed by atoms with Crippen LogP contribution in [-0.2, 0) is 0 Å². The van der Waals surface area contributed by atoms with E-state index >= 15 is 0 Å². The molecule has 2 aromatic carbocycles. The molecule has 2 heterocycles. The van der Waals surface area contributed by atoms with E-state index < -0.39 is 0 Å². The Morgan fingerprint density at radius 2 is 1.90 bits per heavy atom. The Hall–Kier alpha value is -2.79. The summed E-state index contributed by atoms with van der Waals surface area (Å²) in [6.45, 7) is 3.70. The molecule has 0 radical (unpaired) electrons. The maximum absolute atomic E-state index is 13.1. The number of hydrogen-bond acceptors (Lipinski definition) is 4. The molecule has 1 N–H and O–H groups in total. The topological polar surface area (TPSA) is 68.5 Å². The lowest BCUT2D eigenvalue weighted by Crippen LogP contribution is -2.39. The third-order valence-corrected chi connectivity index (χ3v) is 6.55. The third kappa shape index (κ3) is 3.00. The van der Waals surface area contributed by atoms with Crippen LogP contribution in [0.3, 0.4) is 0 Å². The van der Waals surface area contributed by atoms with Crippen molar-refractivity contribution >= 4 is 39.9 Å². The van der Waals surface area contributed by atoms with Gasteiger partial charge in [0.05, 0.1) is 12.0 Å². The number of ketones is 1. The number of Topliss-reactive ketones (excluding diaryl/α,β-unsaturated/α-hetero) is 1. The molecule has 30 heavy (non-hydrogen) atoms. The van der Waals surface area contributed by atoms with Gasteiger partial charge in [-0.25, -0.2) is 0 Å². The number of aryl methyl sites for hydroxylation is 2.